The van der Waals surface area contributed by atoms with Gasteiger partial charge in [0.05, 0.1) is 6.42 Å². The van der Waals surface area contributed by atoms with Crippen LogP contribution in [0.4, 0.5) is 5.69 Å². The van der Waals surface area contributed by atoms with E-state index in [-0.39, 0.29) is 5.91 Å². The Kier molecular flexibility index (Phi) is 4.48. The topological polar surface area (TPSA) is 55.1 Å². The van der Waals surface area contributed by atoms with Crippen molar-refractivity contribution in [2.45, 2.75) is 13.3 Å². The van der Waals surface area contributed by atoms with Crippen LogP contribution in [0.25, 0.3) is 0 Å². The van der Waals surface area contributed by atoms with Crippen molar-refractivity contribution in [3.05, 3.63) is 65.2 Å². The number of rotatable bonds is 4. The van der Waals surface area contributed by atoms with Crippen LogP contribution in [-0.4, -0.2) is 10.9 Å². The van der Waals surface area contributed by atoms with Gasteiger partial charge in [-0.1, -0.05) is 36.5 Å². The first kappa shape index (κ1) is 14.2. The molecule has 2 aromatic carbocycles. The zero-order chi connectivity index (χ0) is 14.5. The lowest BCUT2D eigenvalue weighted by Crippen LogP contribution is -2.15. The van der Waals surface area contributed by atoms with Gasteiger partial charge < -0.3 is 11.1 Å². The Morgan fingerprint density at radius 1 is 1.15 bits per heavy atom. The molecule has 0 heterocycles. The van der Waals surface area contributed by atoms with Gasteiger partial charge in [0.1, 0.15) is 4.99 Å². The molecular weight excluding hydrogens is 268 g/mol. The molecule has 4 heteroatoms. The molecule has 0 spiro atoms. The fourth-order valence-electron chi connectivity index (χ4n) is 1.90. The molecule has 1 amide bonds. The number of amides is 1. The van der Waals surface area contributed by atoms with Gasteiger partial charge >= 0.3 is 0 Å². The number of hydrogen-bond acceptors (Lipinski definition) is 2. The van der Waals surface area contributed by atoms with Crippen LogP contribution < -0.4 is 11.1 Å². The number of benzene rings is 2. The van der Waals surface area contributed by atoms with E-state index in [1.807, 2.05) is 31.2 Å². The minimum atomic E-state index is -0.0395. The van der Waals surface area contributed by atoms with Crippen molar-refractivity contribution in [3.8, 4) is 0 Å². The van der Waals surface area contributed by atoms with Crippen LogP contribution in [0.2, 0.25) is 0 Å². The number of anilines is 1. The van der Waals surface area contributed by atoms with Crippen molar-refractivity contribution in [3.63, 3.8) is 0 Å². The largest absolute Gasteiger partial charge is 0.389 e. The van der Waals surface area contributed by atoms with E-state index in [1.54, 1.807) is 24.3 Å². The van der Waals surface area contributed by atoms with Gasteiger partial charge in [-0.2, -0.15) is 0 Å². The zero-order valence-corrected chi connectivity index (χ0v) is 12.0. The van der Waals surface area contributed by atoms with E-state index in [0.29, 0.717) is 11.4 Å². The molecule has 102 valence electrons. The second kappa shape index (κ2) is 6.30. The number of nitrogens with one attached hydrogen (secondary N) is 1. The van der Waals surface area contributed by atoms with E-state index in [1.165, 1.54) is 0 Å². The van der Waals surface area contributed by atoms with Gasteiger partial charge in [0.25, 0.3) is 0 Å². The van der Waals surface area contributed by atoms with Crippen molar-refractivity contribution >= 4 is 28.8 Å². The smallest absolute Gasteiger partial charge is 0.228 e. The second-order valence-electron chi connectivity index (χ2n) is 4.59. The molecule has 2 rings (SSSR count). The van der Waals surface area contributed by atoms with Crippen LogP contribution >= 0.6 is 12.2 Å². The summed E-state index contributed by atoms with van der Waals surface area (Å²) < 4.78 is 0. The molecule has 3 N–H and O–H groups in total. The maximum atomic E-state index is 12.0. The van der Waals surface area contributed by atoms with E-state index in [9.17, 15) is 4.79 Å². The Morgan fingerprint density at radius 2 is 1.80 bits per heavy atom. The van der Waals surface area contributed by atoms with Crippen molar-refractivity contribution in [2.75, 3.05) is 5.32 Å². The fraction of sp³-hybridized carbons (Fsp3) is 0.125. The van der Waals surface area contributed by atoms with Gasteiger partial charge in [-0.3, -0.25) is 4.79 Å². The number of nitrogens with two attached hydrogens (primary N) is 1. The molecule has 0 atom stereocenters. The zero-order valence-electron chi connectivity index (χ0n) is 11.2. The lowest BCUT2D eigenvalue weighted by Gasteiger charge is -2.08. The first-order chi connectivity index (χ1) is 9.56. The number of hydrogen-bond donors (Lipinski definition) is 2. The molecule has 3 nitrogen and oxygen atoms in total. The average Bonchev–Trinajstić information content (AvgIpc) is 2.42. The highest BCUT2D eigenvalue weighted by atomic mass is 32.1. The Hall–Kier alpha value is -2.20. The average molecular weight is 284 g/mol. The lowest BCUT2D eigenvalue weighted by molar-refractivity contribution is -0.115. The van der Waals surface area contributed by atoms with Crippen LogP contribution in [0.15, 0.2) is 48.5 Å². The first-order valence-corrected chi connectivity index (χ1v) is 6.71. The molecule has 0 aliphatic rings. The number of carbonyl (C=O) groups is 1. The third-order valence-electron chi connectivity index (χ3n) is 3.07. The molecule has 0 aliphatic carbocycles. The van der Waals surface area contributed by atoms with Crippen LogP contribution in [0.5, 0.6) is 0 Å². The highest BCUT2D eigenvalue weighted by molar-refractivity contribution is 7.80. The summed E-state index contributed by atoms with van der Waals surface area (Å²) in [5.74, 6) is -0.0395. The van der Waals surface area contributed by atoms with Crippen LogP contribution in [0.1, 0.15) is 16.7 Å². The van der Waals surface area contributed by atoms with Crippen LogP contribution in [0.3, 0.4) is 0 Å². The third-order valence-corrected chi connectivity index (χ3v) is 3.30. The summed E-state index contributed by atoms with van der Waals surface area (Å²) in [6, 6.07) is 15.0. The standard InChI is InChI=1S/C16H16N2OS/c1-11-4-2-3-5-13(11)10-15(19)18-14-8-6-12(7-9-14)16(17)20/h2-9H,10H2,1H3,(H2,17,20)(H,18,19). The fourth-order valence-corrected chi connectivity index (χ4v) is 2.04. The third kappa shape index (κ3) is 3.65. The maximum Gasteiger partial charge on any atom is 0.228 e. The quantitative estimate of drug-likeness (QED) is 0.849. The number of aryl methyl sites for hydroxylation is 1. The molecule has 0 radical (unpaired) electrons. The Balaban J connectivity index is 2.01. The Morgan fingerprint density at radius 3 is 2.40 bits per heavy atom. The Labute approximate surface area is 123 Å². The molecule has 0 aromatic heterocycles. The summed E-state index contributed by atoms with van der Waals surface area (Å²) >= 11 is 4.88. The van der Waals surface area contributed by atoms with Crippen molar-refractivity contribution in [2.24, 2.45) is 5.73 Å². The molecule has 2 aromatic rings. The molecule has 0 fully saturated rings. The molecule has 0 saturated heterocycles. The summed E-state index contributed by atoms with van der Waals surface area (Å²) in [4.78, 5) is 12.3. The summed E-state index contributed by atoms with van der Waals surface area (Å²) in [6.07, 6.45) is 0.365. The van der Waals surface area contributed by atoms with Crippen LogP contribution in [-0.2, 0) is 11.2 Å². The van der Waals surface area contributed by atoms with Gasteiger partial charge in [-0.25, -0.2) is 0 Å². The Bertz CT molecular complexity index is 635. The maximum absolute atomic E-state index is 12.0. The monoisotopic (exact) mass is 284 g/mol. The first-order valence-electron chi connectivity index (χ1n) is 6.30. The number of carbonyl (C=O) groups excluding carboxylic acids is 1. The normalized spacial score (nSPS) is 10.1. The van der Waals surface area contributed by atoms with E-state index in [2.05, 4.69) is 5.32 Å². The molecule has 0 bridgehead atoms. The second-order valence-corrected chi connectivity index (χ2v) is 5.03. The molecule has 0 unspecified atom stereocenters. The van der Waals surface area contributed by atoms with Gasteiger partial charge in [0, 0.05) is 11.3 Å². The van der Waals surface area contributed by atoms with E-state index < -0.39 is 0 Å². The van der Waals surface area contributed by atoms with E-state index in [0.717, 1.165) is 22.4 Å². The summed E-state index contributed by atoms with van der Waals surface area (Å²) in [5, 5.41) is 2.86. The van der Waals surface area contributed by atoms with Crippen LogP contribution in [0, 0.1) is 6.92 Å². The van der Waals surface area contributed by atoms with Crippen molar-refractivity contribution < 1.29 is 4.79 Å². The highest BCUT2D eigenvalue weighted by Crippen LogP contribution is 2.12. The molecular formula is C16H16N2OS. The summed E-state index contributed by atoms with van der Waals surface area (Å²) in [7, 11) is 0. The van der Waals surface area contributed by atoms with Crippen molar-refractivity contribution in [1.82, 2.24) is 0 Å². The van der Waals surface area contributed by atoms with Gasteiger partial charge in [-0.05, 0) is 42.3 Å². The highest BCUT2D eigenvalue weighted by Gasteiger charge is 2.06. The predicted molar refractivity (Wildman–Crippen MR) is 85.8 cm³/mol. The van der Waals surface area contributed by atoms with E-state index in [4.69, 9.17) is 18.0 Å². The minimum absolute atomic E-state index is 0.0395. The summed E-state index contributed by atoms with van der Waals surface area (Å²) in [6.45, 7) is 2.00. The SMILES string of the molecule is Cc1ccccc1CC(=O)Nc1ccc(C(N)=S)cc1. The van der Waals surface area contributed by atoms with Crippen molar-refractivity contribution in [1.29, 1.82) is 0 Å². The number of thiocarbonyl (C=S) groups is 1. The van der Waals surface area contributed by atoms with Gasteiger partial charge in [0.2, 0.25) is 5.91 Å². The molecule has 0 aliphatic heterocycles. The summed E-state index contributed by atoms with van der Waals surface area (Å²) in [5.41, 5.74) is 9.21. The lowest BCUT2D eigenvalue weighted by atomic mass is 10.1. The molecule has 0 saturated carbocycles. The van der Waals surface area contributed by atoms with Gasteiger partial charge in [-0.15, -0.1) is 0 Å². The predicted octanol–water partition coefficient (Wildman–Crippen LogP) is 2.81. The molecule has 20 heavy (non-hydrogen) atoms. The minimum Gasteiger partial charge on any atom is -0.389 e. The van der Waals surface area contributed by atoms with Gasteiger partial charge in [0.15, 0.2) is 0 Å². The van der Waals surface area contributed by atoms with E-state index >= 15 is 0 Å².